The van der Waals surface area contributed by atoms with Crippen LogP contribution in [0.1, 0.15) is 29.2 Å². The van der Waals surface area contributed by atoms with Gasteiger partial charge in [0.25, 0.3) is 5.91 Å². The van der Waals surface area contributed by atoms with Gasteiger partial charge in [-0.15, -0.1) is 0 Å². The molecule has 0 unspecified atom stereocenters. The van der Waals surface area contributed by atoms with E-state index in [1.165, 1.54) is 17.3 Å². The van der Waals surface area contributed by atoms with Crippen LogP contribution in [0.4, 0.5) is 0 Å². The third kappa shape index (κ3) is 5.81. The van der Waals surface area contributed by atoms with E-state index in [0.29, 0.717) is 45.5 Å². The van der Waals surface area contributed by atoms with E-state index < -0.39 is 0 Å². The van der Waals surface area contributed by atoms with E-state index >= 15 is 0 Å². The Hall–Kier alpha value is -2.80. The molecule has 0 N–H and O–H groups in total. The first-order valence-corrected chi connectivity index (χ1v) is 12.5. The molecule has 1 fully saturated rings. The lowest BCUT2D eigenvalue weighted by Crippen LogP contribution is -2.27. The molecule has 1 saturated heterocycles. The predicted molar refractivity (Wildman–Crippen MR) is 143 cm³/mol. The highest BCUT2D eigenvalue weighted by Gasteiger charge is 2.32. The summed E-state index contributed by atoms with van der Waals surface area (Å²) in [6.45, 7) is 5.24. The third-order valence-corrected chi connectivity index (χ3v) is 6.99. The number of thioether (sulfide) groups is 1. The number of benzene rings is 3. The highest BCUT2D eigenvalue weighted by Crippen LogP contribution is 2.36. The molecule has 3 aromatic carbocycles. The smallest absolute Gasteiger partial charge is 0.266 e. The van der Waals surface area contributed by atoms with Gasteiger partial charge in [0.1, 0.15) is 10.9 Å². The quantitative estimate of drug-likeness (QED) is 0.241. The lowest BCUT2D eigenvalue weighted by atomic mass is 10.1. The normalized spacial score (nSPS) is 14.7. The van der Waals surface area contributed by atoms with Crippen LogP contribution >= 0.6 is 35.6 Å². The van der Waals surface area contributed by atoms with Gasteiger partial charge < -0.3 is 9.47 Å². The van der Waals surface area contributed by atoms with Gasteiger partial charge in [-0.2, -0.15) is 0 Å². The van der Waals surface area contributed by atoms with E-state index in [1.54, 1.807) is 4.90 Å². The molecule has 0 radical (unpaired) electrons. The molecule has 0 atom stereocenters. The summed E-state index contributed by atoms with van der Waals surface area (Å²) in [5.41, 5.74) is 3.96. The molecule has 4 nitrogen and oxygen atoms in total. The van der Waals surface area contributed by atoms with Crippen LogP contribution in [0, 0.1) is 6.92 Å². The number of amides is 1. The van der Waals surface area contributed by atoms with Gasteiger partial charge in [0.2, 0.25) is 0 Å². The van der Waals surface area contributed by atoms with Crippen molar-refractivity contribution >= 4 is 51.9 Å². The number of aryl methyl sites for hydroxylation is 1. The third-order valence-electron chi connectivity index (χ3n) is 5.24. The number of carbonyl (C=O) groups is 1. The Morgan fingerprint density at radius 2 is 1.79 bits per heavy atom. The second-order valence-corrected chi connectivity index (χ2v) is 9.86. The summed E-state index contributed by atoms with van der Waals surface area (Å²) >= 11 is 13.0. The van der Waals surface area contributed by atoms with Crippen molar-refractivity contribution in [1.29, 1.82) is 0 Å². The zero-order chi connectivity index (χ0) is 24.1. The van der Waals surface area contributed by atoms with E-state index in [2.05, 4.69) is 0 Å². The highest BCUT2D eigenvalue weighted by atomic mass is 35.5. The van der Waals surface area contributed by atoms with Gasteiger partial charge in [0.15, 0.2) is 11.5 Å². The van der Waals surface area contributed by atoms with Gasteiger partial charge in [-0.3, -0.25) is 9.69 Å². The van der Waals surface area contributed by atoms with Crippen LogP contribution in [-0.2, 0) is 17.9 Å². The molecule has 0 aromatic heterocycles. The Bertz CT molecular complexity index is 1240. The first kappa shape index (κ1) is 24.3. The number of hydrogen-bond acceptors (Lipinski definition) is 5. The molecule has 0 saturated carbocycles. The number of hydrogen-bond donors (Lipinski definition) is 0. The molecule has 1 amide bonds. The molecular formula is C27H24ClNO3S2. The molecule has 4 rings (SSSR count). The fraction of sp³-hybridized carbons (Fsp3) is 0.185. The lowest BCUT2D eigenvalue weighted by molar-refractivity contribution is -0.122. The lowest BCUT2D eigenvalue weighted by Gasteiger charge is -2.14. The molecule has 0 bridgehead atoms. The number of thiocarbonyl (C=S) groups is 1. The van der Waals surface area contributed by atoms with Crippen molar-refractivity contribution in [2.75, 3.05) is 6.61 Å². The fourth-order valence-corrected chi connectivity index (χ4v) is 4.88. The minimum absolute atomic E-state index is 0.0902. The maximum Gasteiger partial charge on any atom is 0.266 e. The van der Waals surface area contributed by atoms with Crippen LogP contribution in [0.3, 0.4) is 0 Å². The molecule has 0 spiro atoms. The van der Waals surface area contributed by atoms with E-state index in [9.17, 15) is 4.79 Å². The Kier molecular flexibility index (Phi) is 7.93. The Labute approximate surface area is 214 Å². The van der Waals surface area contributed by atoms with Crippen molar-refractivity contribution in [2.24, 2.45) is 0 Å². The number of halogens is 1. The van der Waals surface area contributed by atoms with E-state index in [0.717, 1.165) is 16.7 Å². The van der Waals surface area contributed by atoms with E-state index in [-0.39, 0.29) is 5.91 Å². The molecule has 174 valence electrons. The highest BCUT2D eigenvalue weighted by molar-refractivity contribution is 8.26. The molecule has 1 aliphatic rings. The van der Waals surface area contributed by atoms with E-state index in [1.807, 2.05) is 86.7 Å². The molecule has 0 aliphatic carbocycles. The summed E-state index contributed by atoms with van der Waals surface area (Å²) in [6.07, 6.45) is 1.84. The summed E-state index contributed by atoms with van der Waals surface area (Å²) in [7, 11) is 0. The molecule has 34 heavy (non-hydrogen) atoms. The van der Waals surface area contributed by atoms with Crippen LogP contribution < -0.4 is 9.47 Å². The zero-order valence-electron chi connectivity index (χ0n) is 18.9. The van der Waals surface area contributed by atoms with Gasteiger partial charge in [0, 0.05) is 10.6 Å². The van der Waals surface area contributed by atoms with Gasteiger partial charge in [-0.05, 0) is 49.2 Å². The van der Waals surface area contributed by atoms with Crippen LogP contribution in [0.2, 0.25) is 5.02 Å². The van der Waals surface area contributed by atoms with Crippen molar-refractivity contribution in [1.82, 2.24) is 4.90 Å². The monoisotopic (exact) mass is 509 g/mol. The van der Waals surface area contributed by atoms with Crippen molar-refractivity contribution in [2.45, 2.75) is 27.0 Å². The maximum absolute atomic E-state index is 13.0. The molecule has 7 heteroatoms. The predicted octanol–water partition coefficient (Wildman–Crippen LogP) is 7.03. The molecular weight excluding hydrogens is 486 g/mol. The average Bonchev–Trinajstić information content (AvgIpc) is 3.08. The number of rotatable bonds is 8. The standard InChI is InChI=1S/C27H24ClNO3S2/c1-3-31-24-14-20(12-13-23(24)32-17-21-6-4-5-7-22(21)28)15-25-26(30)29(27(33)34-25)16-19-10-8-18(2)9-11-19/h4-15H,3,16-17H2,1-2H3/b25-15-. The SMILES string of the molecule is CCOc1cc(/C=C2\SC(=S)N(Cc3ccc(C)cc3)C2=O)ccc1OCc1ccccc1Cl. The Balaban J connectivity index is 1.51. The second-order valence-electron chi connectivity index (χ2n) is 7.77. The number of ether oxygens (including phenoxy) is 2. The van der Waals surface area contributed by atoms with E-state index in [4.69, 9.17) is 33.3 Å². The minimum atomic E-state index is -0.0902. The topological polar surface area (TPSA) is 38.8 Å². The van der Waals surface area contributed by atoms with Crippen LogP contribution in [-0.4, -0.2) is 21.7 Å². The summed E-state index contributed by atoms with van der Waals surface area (Å²) in [5, 5.41) is 0.657. The summed E-state index contributed by atoms with van der Waals surface area (Å²) in [5.74, 6) is 1.14. The van der Waals surface area contributed by atoms with Crippen molar-refractivity contribution in [3.05, 3.63) is 98.9 Å². The van der Waals surface area contributed by atoms with Gasteiger partial charge in [-0.1, -0.05) is 89.7 Å². The van der Waals surface area contributed by atoms with Crippen LogP contribution in [0.5, 0.6) is 11.5 Å². The second kappa shape index (κ2) is 11.1. The number of nitrogens with zero attached hydrogens (tertiary/aromatic N) is 1. The molecule has 1 heterocycles. The first-order valence-electron chi connectivity index (χ1n) is 10.9. The molecule has 3 aromatic rings. The number of carbonyl (C=O) groups excluding carboxylic acids is 1. The van der Waals surface area contributed by atoms with Crippen LogP contribution in [0.15, 0.2) is 71.6 Å². The summed E-state index contributed by atoms with van der Waals surface area (Å²) < 4.78 is 12.3. The Morgan fingerprint density at radius 3 is 2.53 bits per heavy atom. The van der Waals surface area contributed by atoms with Crippen LogP contribution in [0.25, 0.3) is 6.08 Å². The first-order chi connectivity index (χ1) is 16.4. The van der Waals surface area contributed by atoms with Gasteiger partial charge in [0.05, 0.1) is 18.1 Å². The van der Waals surface area contributed by atoms with Crippen molar-refractivity contribution < 1.29 is 14.3 Å². The largest absolute Gasteiger partial charge is 0.490 e. The maximum atomic E-state index is 13.0. The molecule has 1 aliphatic heterocycles. The summed E-state index contributed by atoms with van der Waals surface area (Å²) in [4.78, 5) is 15.3. The Morgan fingerprint density at radius 1 is 1.03 bits per heavy atom. The fourth-order valence-electron chi connectivity index (χ4n) is 3.44. The zero-order valence-corrected chi connectivity index (χ0v) is 21.3. The average molecular weight is 510 g/mol. The summed E-state index contributed by atoms with van der Waals surface area (Å²) in [6, 6.07) is 21.3. The van der Waals surface area contributed by atoms with Gasteiger partial charge in [-0.25, -0.2) is 0 Å². The minimum Gasteiger partial charge on any atom is -0.490 e. The van der Waals surface area contributed by atoms with Crippen molar-refractivity contribution in [3.63, 3.8) is 0 Å². The van der Waals surface area contributed by atoms with Gasteiger partial charge >= 0.3 is 0 Å². The van der Waals surface area contributed by atoms with Crippen molar-refractivity contribution in [3.8, 4) is 11.5 Å².